The Balaban J connectivity index is 2.16. The molecule has 0 aliphatic carbocycles. The smallest absolute Gasteiger partial charge is 0.175 e. The lowest BCUT2D eigenvalue weighted by atomic mass is 10.0. The number of aliphatic hydroxyl groups is 1. The van der Waals surface area contributed by atoms with Gasteiger partial charge < -0.3 is 9.63 Å². The average molecular weight is 348 g/mol. The number of hydrogen-bond donors (Lipinski definition) is 1. The molecule has 106 valence electrons. The van der Waals surface area contributed by atoms with Crippen LogP contribution >= 0.6 is 15.9 Å². The zero-order chi connectivity index (χ0) is 14.8. The lowest BCUT2D eigenvalue weighted by Crippen LogP contribution is -1.90. The maximum absolute atomic E-state index is 13.9. The Bertz CT molecular complexity index is 785. The van der Waals surface area contributed by atoms with Gasteiger partial charge in [-0.3, -0.25) is 0 Å². The van der Waals surface area contributed by atoms with Crippen LogP contribution < -0.4 is 0 Å². The van der Waals surface area contributed by atoms with Gasteiger partial charge in [-0.05, 0) is 24.3 Å². The number of hydrogen-bond acceptors (Lipinski definition) is 3. The summed E-state index contributed by atoms with van der Waals surface area (Å²) in [5, 5.41) is 13.6. The molecule has 1 aromatic heterocycles. The van der Waals surface area contributed by atoms with E-state index in [2.05, 4.69) is 21.1 Å². The van der Waals surface area contributed by atoms with Crippen LogP contribution in [0, 0.1) is 5.82 Å². The van der Waals surface area contributed by atoms with E-state index in [4.69, 9.17) is 4.52 Å². The van der Waals surface area contributed by atoms with E-state index in [-0.39, 0.29) is 17.9 Å². The number of aliphatic hydroxyl groups excluding tert-OH is 1. The molecule has 2 aromatic carbocycles. The minimum Gasteiger partial charge on any atom is -0.391 e. The van der Waals surface area contributed by atoms with Crippen molar-refractivity contribution < 1.29 is 14.0 Å². The first-order chi connectivity index (χ1) is 10.2. The van der Waals surface area contributed by atoms with Crippen molar-refractivity contribution in [2.24, 2.45) is 0 Å². The Labute approximate surface area is 129 Å². The van der Waals surface area contributed by atoms with Crippen LogP contribution in [0.1, 0.15) is 5.56 Å². The second-order valence-electron chi connectivity index (χ2n) is 4.49. The average Bonchev–Trinajstić information content (AvgIpc) is 2.91. The first kappa shape index (κ1) is 14.0. The van der Waals surface area contributed by atoms with E-state index in [1.807, 2.05) is 24.3 Å². The first-order valence-corrected chi connectivity index (χ1v) is 7.10. The van der Waals surface area contributed by atoms with Gasteiger partial charge in [0, 0.05) is 10.0 Å². The molecule has 0 fully saturated rings. The van der Waals surface area contributed by atoms with Crippen LogP contribution in [0.2, 0.25) is 0 Å². The first-order valence-electron chi connectivity index (χ1n) is 6.31. The van der Waals surface area contributed by atoms with Crippen molar-refractivity contribution in [1.82, 2.24) is 5.16 Å². The molecule has 0 saturated carbocycles. The Morgan fingerprint density at radius 1 is 1.14 bits per heavy atom. The summed E-state index contributed by atoms with van der Waals surface area (Å²) in [5.41, 5.74) is 2.06. The molecule has 21 heavy (non-hydrogen) atoms. The molecule has 0 unspecified atom stereocenters. The minimum atomic E-state index is -0.413. The SMILES string of the molecule is OCc1c(-c2cccc(Br)c2)noc1-c1ccccc1F. The monoisotopic (exact) mass is 347 g/mol. The van der Waals surface area contributed by atoms with Gasteiger partial charge in [-0.25, -0.2) is 4.39 Å². The van der Waals surface area contributed by atoms with Crippen molar-refractivity contribution in [2.75, 3.05) is 0 Å². The van der Waals surface area contributed by atoms with E-state index in [1.165, 1.54) is 6.07 Å². The van der Waals surface area contributed by atoms with Gasteiger partial charge >= 0.3 is 0 Å². The van der Waals surface area contributed by atoms with Gasteiger partial charge in [-0.15, -0.1) is 0 Å². The van der Waals surface area contributed by atoms with Crippen molar-refractivity contribution in [3.8, 4) is 22.6 Å². The highest BCUT2D eigenvalue weighted by Crippen LogP contribution is 2.34. The van der Waals surface area contributed by atoms with E-state index in [0.29, 0.717) is 11.3 Å². The topological polar surface area (TPSA) is 46.3 Å². The summed E-state index contributed by atoms with van der Waals surface area (Å²) < 4.78 is 20.1. The van der Waals surface area contributed by atoms with E-state index >= 15 is 0 Å². The van der Waals surface area contributed by atoms with Gasteiger partial charge in [0.15, 0.2) is 5.76 Å². The third-order valence-corrected chi connectivity index (χ3v) is 3.66. The Kier molecular flexibility index (Phi) is 3.86. The van der Waals surface area contributed by atoms with Crippen molar-refractivity contribution in [3.05, 3.63) is 64.4 Å². The number of aromatic nitrogens is 1. The Morgan fingerprint density at radius 3 is 2.67 bits per heavy atom. The molecule has 0 saturated heterocycles. The fourth-order valence-corrected chi connectivity index (χ4v) is 2.57. The van der Waals surface area contributed by atoms with Crippen molar-refractivity contribution in [2.45, 2.75) is 6.61 Å². The zero-order valence-corrected chi connectivity index (χ0v) is 12.5. The molecule has 0 bridgehead atoms. The van der Waals surface area contributed by atoms with Crippen LogP contribution in [-0.2, 0) is 6.61 Å². The molecular formula is C16H11BrFNO2. The third kappa shape index (κ3) is 2.62. The summed E-state index contributed by atoms with van der Waals surface area (Å²) >= 11 is 3.39. The van der Waals surface area contributed by atoms with Crippen molar-refractivity contribution in [3.63, 3.8) is 0 Å². The van der Waals surface area contributed by atoms with Crippen molar-refractivity contribution in [1.29, 1.82) is 0 Å². The molecule has 3 nitrogen and oxygen atoms in total. The molecule has 0 atom stereocenters. The van der Waals surface area contributed by atoms with Crippen LogP contribution in [0.25, 0.3) is 22.6 Å². The van der Waals surface area contributed by atoms with Gasteiger partial charge in [0.25, 0.3) is 0 Å². The lowest BCUT2D eigenvalue weighted by Gasteiger charge is -2.02. The summed E-state index contributed by atoms with van der Waals surface area (Å²) in [7, 11) is 0. The molecule has 3 aromatic rings. The number of halogens is 2. The number of benzene rings is 2. The quantitative estimate of drug-likeness (QED) is 0.763. The van der Waals surface area contributed by atoms with E-state index in [9.17, 15) is 9.50 Å². The summed E-state index contributed by atoms with van der Waals surface area (Å²) in [6.07, 6.45) is 0. The third-order valence-electron chi connectivity index (χ3n) is 3.16. The van der Waals surface area contributed by atoms with Gasteiger partial charge in [0.05, 0.1) is 17.7 Å². The molecule has 0 aliphatic rings. The molecule has 0 spiro atoms. The van der Waals surface area contributed by atoms with Gasteiger partial charge in [0.2, 0.25) is 0 Å². The highest BCUT2D eigenvalue weighted by Gasteiger charge is 2.20. The van der Waals surface area contributed by atoms with Crippen LogP contribution in [0.4, 0.5) is 4.39 Å². The molecule has 5 heteroatoms. The van der Waals surface area contributed by atoms with Crippen LogP contribution in [0.5, 0.6) is 0 Å². The van der Waals surface area contributed by atoms with Crippen LogP contribution in [0.3, 0.4) is 0 Å². The Hall–Kier alpha value is -1.98. The second-order valence-corrected chi connectivity index (χ2v) is 5.40. The summed E-state index contributed by atoms with van der Waals surface area (Å²) in [5.74, 6) is -0.158. The molecule has 0 aliphatic heterocycles. The number of nitrogens with zero attached hydrogens (tertiary/aromatic N) is 1. The van der Waals surface area contributed by atoms with Gasteiger partial charge in [0.1, 0.15) is 11.5 Å². The lowest BCUT2D eigenvalue weighted by molar-refractivity contribution is 0.281. The molecule has 1 heterocycles. The predicted octanol–water partition coefficient (Wildman–Crippen LogP) is 4.40. The molecule has 0 amide bonds. The van der Waals surface area contributed by atoms with E-state index < -0.39 is 5.82 Å². The largest absolute Gasteiger partial charge is 0.391 e. The minimum absolute atomic E-state index is 0.255. The van der Waals surface area contributed by atoms with Gasteiger partial charge in [-0.1, -0.05) is 45.4 Å². The van der Waals surface area contributed by atoms with E-state index in [0.717, 1.165) is 10.0 Å². The maximum Gasteiger partial charge on any atom is 0.175 e. The maximum atomic E-state index is 13.9. The zero-order valence-electron chi connectivity index (χ0n) is 10.9. The molecule has 0 radical (unpaired) electrons. The van der Waals surface area contributed by atoms with E-state index in [1.54, 1.807) is 18.2 Å². The van der Waals surface area contributed by atoms with Gasteiger partial charge in [-0.2, -0.15) is 0 Å². The molecule has 3 rings (SSSR count). The second kappa shape index (κ2) is 5.79. The standard InChI is InChI=1S/C16H11BrFNO2/c17-11-5-3-4-10(8-11)15-13(9-20)16(21-19-15)12-6-1-2-7-14(12)18/h1-8,20H,9H2. The highest BCUT2D eigenvalue weighted by atomic mass is 79.9. The molecular weight excluding hydrogens is 337 g/mol. The predicted molar refractivity (Wildman–Crippen MR) is 81.0 cm³/mol. The summed E-state index contributed by atoms with van der Waals surface area (Å²) in [6, 6.07) is 13.7. The Morgan fingerprint density at radius 2 is 1.95 bits per heavy atom. The summed E-state index contributed by atoms with van der Waals surface area (Å²) in [6.45, 7) is -0.283. The van der Waals surface area contributed by atoms with Crippen molar-refractivity contribution >= 4 is 15.9 Å². The highest BCUT2D eigenvalue weighted by molar-refractivity contribution is 9.10. The summed E-state index contributed by atoms with van der Waals surface area (Å²) in [4.78, 5) is 0. The van der Waals surface area contributed by atoms with Crippen LogP contribution in [-0.4, -0.2) is 10.3 Å². The molecule has 1 N–H and O–H groups in total. The fourth-order valence-electron chi connectivity index (χ4n) is 2.18. The van der Waals surface area contributed by atoms with Crippen LogP contribution in [0.15, 0.2) is 57.5 Å². The fraction of sp³-hybridized carbons (Fsp3) is 0.0625. The number of rotatable bonds is 3. The normalized spacial score (nSPS) is 10.8.